The van der Waals surface area contributed by atoms with Crippen molar-refractivity contribution < 1.29 is 5.11 Å². The second-order valence-corrected chi connectivity index (χ2v) is 8.36. The highest BCUT2D eigenvalue weighted by molar-refractivity contribution is 4.85. The summed E-state index contributed by atoms with van der Waals surface area (Å²) in [5.41, 5.74) is 0.502. The van der Waals surface area contributed by atoms with Crippen LogP contribution in [0.1, 0.15) is 73.6 Å². The number of hydrogen-bond donors (Lipinski definition) is 1. The highest BCUT2D eigenvalue weighted by Crippen LogP contribution is 2.40. The van der Waals surface area contributed by atoms with Crippen LogP contribution < -0.4 is 0 Å². The highest BCUT2D eigenvalue weighted by Gasteiger charge is 2.34. The predicted molar refractivity (Wildman–Crippen MR) is 75.0 cm³/mol. The van der Waals surface area contributed by atoms with E-state index in [0.717, 1.165) is 5.92 Å². The largest absolute Gasteiger partial charge is 0.392 e. The van der Waals surface area contributed by atoms with Gasteiger partial charge in [0.15, 0.2) is 0 Å². The molecular weight excluding hydrogens is 208 g/mol. The summed E-state index contributed by atoms with van der Waals surface area (Å²) in [6, 6.07) is 0. The lowest BCUT2D eigenvalue weighted by Crippen LogP contribution is -2.36. The Kier molecular flexibility index (Phi) is 4.68. The Morgan fingerprint density at radius 1 is 0.941 bits per heavy atom. The summed E-state index contributed by atoms with van der Waals surface area (Å²) < 4.78 is 0. The number of hydrogen-bond acceptors (Lipinski definition) is 1. The van der Waals surface area contributed by atoms with Crippen LogP contribution >= 0.6 is 0 Å². The first-order valence-corrected chi connectivity index (χ1v) is 7.28. The van der Waals surface area contributed by atoms with Crippen molar-refractivity contribution in [3.63, 3.8) is 0 Å². The van der Waals surface area contributed by atoms with Crippen molar-refractivity contribution in [2.75, 3.05) is 0 Å². The van der Waals surface area contributed by atoms with Gasteiger partial charge in [0, 0.05) is 0 Å². The summed E-state index contributed by atoms with van der Waals surface area (Å²) in [5, 5.41) is 10.3. The van der Waals surface area contributed by atoms with Crippen molar-refractivity contribution in [2.45, 2.75) is 79.8 Å². The zero-order chi connectivity index (χ0) is 13.3. The summed E-state index contributed by atoms with van der Waals surface area (Å²) in [6.45, 7) is 13.5. The third kappa shape index (κ3) is 4.99. The Hall–Kier alpha value is -0.0400. The Labute approximate surface area is 108 Å². The van der Waals surface area contributed by atoms with Crippen molar-refractivity contribution in [3.8, 4) is 0 Å². The third-order valence-corrected chi connectivity index (χ3v) is 4.13. The highest BCUT2D eigenvalue weighted by atomic mass is 16.3. The van der Waals surface area contributed by atoms with Gasteiger partial charge >= 0.3 is 0 Å². The topological polar surface area (TPSA) is 20.2 Å². The number of aliphatic hydroxyl groups is 1. The van der Waals surface area contributed by atoms with Gasteiger partial charge in [0.25, 0.3) is 0 Å². The van der Waals surface area contributed by atoms with Crippen LogP contribution in [-0.4, -0.2) is 11.2 Å². The molecule has 102 valence electrons. The van der Waals surface area contributed by atoms with E-state index < -0.39 is 0 Å². The van der Waals surface area contributed by atoms with Crippen LogP contribution in [0.25, 0.3) is 0 Å². The zero-order valence-electron chi connectivity index (χ0n) is 12.7. The van der Waals surface area contributed by atoms with Crippen molar-refractivity contribution in [3.05, 3.63) is 0 Å². The van der Waals surface area contributed by atoms with Crippen molar-refractivity contribution in [1.29, 1.82) is 0 Å². The molecule has 1 heteroatoms. The van der Waals surface area contributed by atoms with Crippen LogP contribution in [0.4, 0.5) is 0 Å². The van der Waals surface area contributed by atoms with E-state index in [2.05, 4.69) is 41.5 Å². The predicted octanol–water partition coefficient (Wildman–Crippen LogP) is 4.64. The molecule has 0 bridgehead atoms. The average molecular weight is 240 g/mol. The monoisotopic (exact) mass is 240 g/mol. The van der Waals surface area contributed by atoms with Gasteiger partial charge in [-0.1, -0.05) is 54.4 Å². The van der Waals surface area contributed by atoms with Crippen LogP contribution in [0, 0.1) is 22.7 Å². The maximum Gasteiger partial charge on any atom is 0.0616 e. The molecule has 1 saturated carbocycles. The molecular formula is C16H32O. The van der Waals surface area contributed by atoms with Crippen LogP contribution in [0.5, 0.6) is 0 Å². The Balaban J connectivity index is 2.41. The molecule has 0 heterocycles. The van der Waals surface area contributed by atoms with Gasteiger partial charge in [-0.25, -0.2) is 0 Å². The summed E-state index contributed by atoms with van der Waals surface area (Å²) in [4.78, 5) is 0. The maximum absolute atomic E-state index is 10.3. The van der Waals surface area contributed by atoms with Crippen LogP contribution in [0.3, 0.4) is 0 Å². The van der Waals surface area contributed by atoms with E-state index in [1.807, 2.05) is 0 Å². The molecule has 0 amide bonds. The molecule has 1 aliphatic rings. The molecule has 0 aromatic heterocycles. The molecule has 1 unspecified atom stereocenters. The standard InChI is InChI=1S/C16H32O/c1-15(2,3)11-12-7-9-13(10-8-12)14(17)16(4,5)6/h12-14,17H,7-11H2,1-6H3. The Morgan fingerprint density at radius 2 is 1.41 bits per heavy atom. The van der Waals surface area contributed by atoms with Gasteiger partial charge in [-0.3, -0.25) is 0 Å². The minimum absolute atomic E-state index is 0.0432. The van der Waals surface area contributed by atoms with Crippen LogP contribution in [-0.2, 0) is 0 Å². The summed E-state index contributed by atoms with van der Waals surface area (Å²) in [6.07, 6.45) is 6.28. The number of aliphatic hydroxyl groups excluding tert-OH is 1. The normalized spacial score (nSPS) is 29.1. The molecule has 17 heavy (non-hydrogen) atoms. The molecule has 1 atom stereocenters. The molecule has 0 aliphatic heterocycles. The van der Waals surface area contributed by atoms with Gasteiger partial charge in [-0.15, -0.1) is 0 Å². The lowest BCUT2D eigenvalue weighted by atomic mass is 9.69. The Bertz CT molecular complexity index is 223. The quantitative estimate of drug-likeness (QED) is 0.745. The summed E-state index contributed by atoms with van der Waals surface area (Å²) in [5.74, 6) is 1.42. The molecule has 1 N–H and O–H groups in total. The SMILES string of the molecule is CC(C)(C)CC1CCC(C(O)C(C)(C)C)CC1. The molecule has 1 rings (SSSR count). The first-order valence-electron chi connectivity index (χ1n) is 7.28. The van der Waals surface area contributed by atoms with Gasteiger partial charge in [0.2, 0.25) is 0 Å². The van der Waals surface area contributed by atoms with Gasteiger partial charge in [0.05, 0.1) is 6.10 Å². The van der Waals surface area contributed by atoms with E-state index in [1.54, 1.807) is 0 Å². The van der Waals surface area contributed by atoms with E-state index in [1.165, 1.54) is 32.1 Å². The van der Waals surface area contributed by atoms with Gasteiger partial charge in [-0.2, -0.15) is 0 Å². The summed E-state index contributed by atoms with van der Waals surface area (Å²) >= 11 is 0. The fraction of sp³-hybridized carbons (Fsp3) is 1.00. The molecule has 1 nitrogen and oxygen atoms in total. The van der Waals surface area contributed by atoms with Gasteiger partial charge in [-0.05, 0) is 41.9 Å². The maximum atomic E-state index is 10.3. The minimum Gasteiger partial charge on any atom is -0.392 e. The molecule has 0 aromatic rings. The second kappa shape index (κ2) is 5.30. The third-order valence-electron chi connectivity index (χ3n) is 4.13. The Morgan fingerprint density at radius 3 is 1.76 bits per heavy atom. The smallest absolute Gasteiger partial charge is 0.0616 e. The molecule has 0 spiro atoms. The molecule has 0 aromatic carbocycles. The van der Waals surface area contributed by atoms with Crippen LogP contribution in [0.15, 0.2) is 0 Å². The number of rotatable bonds is 2. The lowest BCUT2D eigenvalue weighted by Gasteiger charge is -2.38. The molecule has 1 aliphatic carbocycles. The lowest BCUT2D eigenvalue weighted by molar-refractivity contribution is -0.00976. The van der Waals surface area contributed by atoms with E-state index in [9.17, 15) is 5.11 Å². The van der Waals surface area contributed by atoms with E-state index >= 15 is 0 Å². The average Bonchev–Trinajstić information content (AvgIpc) is 2.14. The zero-order valence-corrected chi connectivity index (χ0v) is 12.7. The van der Waals surface area contributed by atoms with Crippen LogP contribution in [0.2, 0.25) is 0 Å². The van der Waals surface area contributed by atoms with Crippen molar-refractivity contribution in [2.24, 2.45) is 22.7 Å². The van der Waals surface area contributed by atoms with E-state index in [0.29, 0.717) is 11.3 Å². The van der Waals surface area contributed by atoms with Crippen molar-refractivity contribution in [1.82, 2.24) is 0 Å². The first kappa shape index (κ1) is 15.0. The first-order chi connectivity index (χ1) is 7.59. The molecule has 1 fully saturated rings. The minimum atomic E-state index is -0.127. The van der Waals surface area contributed by atoms with Gasteiger partial charge < -0.3 is 5.11 Å². The second-order valence-electron chi connectivity index (χ2n) is 8.36. The molecule has 0 radical (unpaired) electrons. The summed E-state index contributed by atoms with van der Waals surface area (Å²) in [7, 11) is 0. The van der Waals surface area contributed by atoms with Crippen molar-refractivity contribution >= 4 is 0 Å². The van der Waals surface area contributed by atoms with Gasteiger partial charge in [0.1, 0.15) is 0 Å². The fourth-order valence-electron chi connectivity index (χ4n) is 3.28. The van der Waals surface area contributed by atoms with E-state index in [4.69, 9.17) is 0 Å². The van der Waals surface area contributed by atoms with E-state index in [-0.39, 0.29) is 11.5 Å². The fourth-order valence-corrected chi connectivity index (χ4v) is 3.28. The molecule has 0 saturated heterocycles.